The van der Waals surface area contributed by atoms with Crippen molar-refractivity contribution in [2.24, 2.45) is 0 Å². The molecule has 68 valence electrons. The highest BCUT2D eigenvalue weighted by molar-refractivity contribution is 4.96. The Morgan fingerprint density at radius 2 is 2.08 bits per heavy atom. The summed E-state index contributed by atoms with van der Waals surface area (Å²) >= 11 is 0. The van der Waals surface area contributed by atoms with Gasteiger partial charge in [0.15, 0.2) is 0 Å². The van der Waals surface area contributed by atoms with E-state index in [2.05, 4.69) is 22.1 Å². The summed E-state index contributed by atoms with van der Waals surface area (Å²) < 4.78 is 0. The van der Waals surface area contributed by atoms with Gasteiger partial charge >= 0.3 is 0 Å². The summed E-state index contributed by atoms with van der Waals surface area (Å²) in [7, 11) is 0. The summed E-state index contributed by atoms with van der Waals surface area (Å²) in [5.41, 5.74) is 0. The maximum atomic E-state index is 3.30. The van der Waals surface area contributed by atoms with E-state index in [0.29, 0.717) is 0 Å². The fourth-order valence-electron chi connectivity index (χ4n) is 1.48. The molecule has 1 aliphatic heterocycles. The number of hydrogen-bond acceptors (Lipinski definition) is 2. The van der Waals surface area contributed by atoms with Gasteiger partial charge in [0.05, 0.1) is 6.54 Å². The van der Waals surface area contributed by atoms with Gasteiger partial charge in [-0.2, -0.15) is 0 Å². The minimum atomic E-state index is 0.838. The van der Waals surface area contributed by atoms with E-state index in [1.165, 1.54) is 32.5 Å². The lowest BCUT2D eigenvalue weighted by Gasteiger charge is -2.13. The van der Waals surface area contributed by atoms with Gasteiger partial charge in [-0.3, -0.25) is 0 Å². The molecule has 1 N–H and O–H groups in total. The summed E-state index contributed by atoms with van der Waals surface area (Å²) in [6.45, 7) is 7.56. The summed E-state index contributed by atoms with van der Waals surface area (Å²) in [5, 5.41) is 3.30. The molecule has 0 aromatic rings. The molecule has 1 fully saturated rings. The van der Waals surface area contributed by atoms with Crippen molar-refractivity contribution in [3.63, 3.8) is 0 Å². The van der Waals surface area contributed by atoms with Crippen LogP contribution in [0.3, 0.4) is 0 Å². The zero-order valence-corrected chi connectivity index (χ0v) is 7.90. The number of hydrogen-bond donors (Lipinski definition) is 1. The van der Waals surface area contributed by atoms with Crippen LogP contribution in [0.2, 0.25) is 0 Å². The van der Waals surface area contributed by atoms with Crippen molar-refractivity contribution in [1.29, 1.82) is 0 Å². The average molecular weight is 166 g/mol. The Morgan fingerprint density at radius 3 is 2.75 bits per heavy atom. The number of rotatable bonds is 4. The molecule has 0 aliphatic carbocycles. The quantitative estimate of drug-likeness (QED) is 0.488. The smallest absolute Gasteiger partial charge is 0.0576 e. The molecule has 0 bridgehead atoms. The van der Waals surface area contributed by atoms with E-state index < -0.39 is 0 Å². The molecule has 0 amide bonds. The molecular weight excluding hydrogens is 148 g/mol. The zero-order valence-electron chi connectivity index (χ0n) is 7.90. The van der Waals surface area contributed by atoms with Gasteiger partial charge < -0.3 is 10.2 Å². The molecule has 1 aliphatic rings. The van der Waals surface area contributed by atoms with Crippen molar-refractivity contribution < 1.29 is 0 Å². The molecule has 2 nitrogen and oxygen atoms in total. The SMILES string of the molecule is CC#CCNCCN1CCCC1. The molecule has 12 heavy (non-hydrogen) atoms. The van der Waals surface area contributed by atoms with Crippen LogP contribution in [0.25, 0.3) is 0 Å². The standard InChI is InChI=1S/C10H18N2/c1-2-3-6-11-7-10-12-8-4-5-9-12/h11H,4-10H2,1H3. The van der Waals surface area contributed by atoms with Gasteiger partial charge in [0.2, 0.25) is 0 Å². The predicted octanol–water partition coefficient (Wildman–Crippen LogP) is 0.695. The van der Waals surface area contributed by atoms with Crippen molar-refractivity contribution >= 4 is 0 Å². The number of nitrogens with one attached hydrogen (secondary N) is 1. The molecule has 0 saturated carbocycles. The maximum Gasteiger partial charge on any atom is 0.0576 e. The zero-order chi connectivity index (χ0) is 8.65. The van der Waals surface area contributed by atoms with E-state index in [1.807, 2.05) is 6.92 Å². The lowest BCUT2D eigenvalue weighted by Crippen LogP contribution is -2.30. The monoisotopic (exact) mass is 166 g/mol. The molecule has 0 aromatic heterocycles. The third-order valence-electron chi connectivity index (χ3n) is 2.19. The van der Waals surface area contributed by atoms with Crippen molar-refractivity contribution in [3.05, 3.63) is 0 Å². The molecule has 2 heteroatoms. The number of likely N-dealkylation sites (tertiary alicyclic amines) is 1. The van der Waals surface area contributed by atoms with Gasteiger partial charge in [0.1, 0.15) is 0 Å². The van der Waals surface area contributed by atoms with E-state index in [4.69, 9.17) is 0 Å². The fourth-order valence-corrected chi connectivity index (χ4v) is 1.48. The Balaban J connectivity index is 1.90. The van der Waals surface area contributed by atoms with Crippen LogP contribution >= 0.6 is 0 Å². The van der Waals surface area contributed by atoms with E-state index in [0.717, 1.165) is 13.1 Å². The summed E-state index contributed by atoms with van der Waals surface area (Å²) in [4.78, 5) is 2.51. The summed E-state index contributed by atoms with van der Waals surface area (Å²) in [6.07, 6.45) is 2.77. The van der Waals surface area contributed by atoms with Gasteiger partial charge in [-0.05, 0) is 32.9 Å². The van der Waals surface area contributed by atoms with Gasteiger partial charge in [-0.1, -0.05) is 5.92 Å². The normalized spacial score (nSPS) is 17.4. The second-order valence-corrected chi connectivity index (χ2v) is 3.15. The van der Waals surface area contributed by atoms with Crippen LogP contribution in [0.5, 0.6) is 0 Å². The second kappa shape index (κ2) is 6.05. The van der Waals surface area contributed by atoms with E-state index in [-0.39, 0.29) is 0 Å². The van der Waals surface area contributed by atoms with E-state index in [9.17, 15) is 0 Å². The average Bonchev–Trinajstić information content (AvgIpc) is 2.57. The van der Waals surface area contributed by atoms with Crippen LogP contribution in [0, 0.1) is 11.8 Å². The molecular formula is C10H18N2. The minimum absolute atomic E-state index is 0.838. The molecule has 0 spiro atoms. The molecule has 0 unspecified atom stereocenters. The van der Waals surface area contributed by atoms with Crippen LogP contribution in [-0.4, -0.2) is 37.6 Å². The van der Waals surface area contributed by atoms with Gasteiger partial charge in [-0.25, -0.2) is 0 Å². The highest BCUT2D eigenvalue weighted by Gasteiger charge is 2.09. The second-order valence-electron chi connectivity index (χ2n) is 3.15. The number of nitrogens with zero attached hydrogens (tertiary/aromatic N) is 1. The van der Waals surface area contributed by atoms with Crippen molar-refractivity contribution in [3.8, 4) is 11.8 Å². The lowest BCUT2D eigenvalue weighted by molar-refractivity contribution is 0.338. The van der Waals surface area contributed by atoms with E-state index >= 15 is 0 Å². The molecule has 1 saturated heterocycles. The highest BCUT2D eigenvalue weighted by atomic mass is 15.1. The van der Waals surface area contributed by atoms with Crippen LogP contribution in [0.15, 0.2) is 0 Å². The minimum Gasteiger partial charge on any atom is -0.305 e. The maximum absolute atomic E-state index is 3.30. The summed E-state index contributed by atoms with van der Waals surface area (Å²) in [5.74, 6) is 5.86. The van der Waals surface area contributed by atoms with Gasteiger partial charge in [-0.15, -0.1) is 5.92 Å². The lowest BCUT2D eigenvalue weighted by atomic mass is 10.4. The Kier molecular flexibility index (Phi) is 4.82. The van der Waals surface area contributed by atoms with Crippen LogP contribution < -0.4 is 5.32 Å². The van der Waals surface area contributed by atoms with Crippen LogP contribution in [-0.2, 0) is 0 Å². The van der Waals surface area contributed by atoms with Crippen molar-refractivity contribution in [2.75, 3.05) is 32.7 Å². The molecule has 0 aromatic carbocycles. The van der Waals surface area contributed by atoms with E-state index in [1.54, 1.807) is 0 Å². The highest BCUT2D eigenvalue weighted by Crippen LogP contribution is 2.05. The molecule has 0 radical (unpaired) electrons. The largest absolute Gasteiger partial charge is 0.305 e. The Bertz CT molecular complexity index is 160. The summed E-state index contributed by atoms with van der Waals surface area (Å²) in [6, 6.07) is 0. The van der Waals surface area contributed by atoms with Crippen molar-refractivity contribution in [2.45, 2.75) is 19.8 Å². The van der Waals surface area contributed by atoms with Gasteiger partial charge in [0, 0.05) is 13.1 Å². The third-order valence-corrected chi connectivity index (χ3v) is 2.19. The Morgan fingerprint density at radius 1 is 1.33 bits per heavy atom. The Hall–Kier alpha value is -0.520. The Labute approximate surface area is 75.3 Å². The first-order chi connectivity index (χ1) is 5.93. The first-order valence-corrected chi connectivity index (χ1v) is 4.76. The fraction of sp³-hybridized carbons (Fsp3) is 0.800. The first-order valence-electron chi connectivity index (χ1n) is 4.76. The molecule has 1 rings (SSSR count). The van der Waals surface area contributed by atoms with Crippen LogP contribution in [0.4, 0.5) is 0 Å². The first kappa shape index (κ1) is 9.57. The van der Waals surface area contributed by atoms with Crippen molar-refractivity contribution in [1.82, 2.24) is 10.2 Å². The predicted molar refractivity (Wildman–Crippen MR) is 52.0 cm³/mol. The van der Waals surface area contributed by atoms with Crippen LogP contribution in [0.1, 0.15) is 19.8 Å². The van der Waals surface area contributed by atoms with Gasteiger partial charge in [0.25, 0.3) is 0 Å². The molecule has 0 atom stereocenters. The topological polar surface area (TPSA) is 15.3 Å². The molecule has 1 heterocycles. The third kappa shape index (κ3) is 3.75.